The van der Waals surface area contributed by atoms with Crippen molar-refractivity contribution >= 4 is 15.8 Å². The molecule has 0 spiro atoms. The maximum Gasteiger partial charge on any atom is 0.318 e. The first-order chi connectivity index (χ1) is 11.8. The van der Waals surface area contributed by atoms with E-state index in [1.54, 1.807) is 7.11 Å². The Kier molecular flexibility index (Phi) is 6.80. The van der Waals surface area contributed by atoms with E-state index in [1.165, 1.54) is 5.56 Å². The van der Waals surface area contributed by atoms with Crippen LogP contribution in [0.3, 0.4) is 0 Å². The number of hydrogen-bond donors (Lipinski definition) is 1. The van der Waals surface area contributed by atoms with E-state index >= 15 is 0 Å². The zero-order valence-electron chi connectivity index (χ0n) is 14.7. The number of methoxy groups -OCH3 is 1. The van der Waals surface area contributed by atoms with Gasteiger partial charge >= 0.3 is 5.97 Å². The zero-order valence-corrected chi connectivity index (χ0v) is 15.5. The van der Waals surface area contributed by atoms with Crippen molar-refractivity contribution < 1.29 is 23.1 Å². The Morgan fingerprint density at radius 1 is 1.28 bits per heavy atom. The molecule has 0 bridgehead atoms. The van der Waals surface area contributed by atoms with E-state index in [-0.39, 0.29) is 11.8 Å². The van der Waals surface area contributed by atoms with Gasteiger partial charge in [0.2, 0.25) is 0 Å². The third kappa shape index (κ3) is 5.98. The number of aliphatic carboxylic acids is 1. The normalized spacial score (nSPS) is 18.0. The second-order valence-corrected chi connectivity index (χ2v) is 8.50. The predicted molar refractivity (Wildman–Crippen MR) is 95.7 cm³/mol. The van der Waals surface area contributed by atoms with Gasteiger partial charge in [0.1, 0.15) is 11.5 Å². The first kappa shape index (κ1) is 19.7. The highest BCUT2D eigenvalue weighted by Gasteiger charge is 2.24. The summed E-state index contributed by atoms with van der Waals surface area (Å²) < 4.78 is 28.6. The van der Waals surface area contributed by atoms with Crippen LogP contribution >= 0.6 is 0 Å². The Morgan fingerprint density at radius 2 is 1.96 bits per heavy atom. The molecule has 0 aromatic heterocycles. The molecule has 1 saturated heterocycles. The van der Waals surface area contributed by atoms with E-state index in [2.05, 4.69) is 22.8 Å². The number of ether oxygens (including phenoxy) is 1. The van der Waals surface area contributed by atoms with Gasteiger partial charge in [0, 0.05) is 38.8 Å². The Balaban J connectivity index is 1.83. The highest BCUT2D eigenvalue weighted by molar-refractivity contribution is 7.92. The van der Waals surface area contributed by atoms with Gasteiger partial charge in [-0.2, -0.15) is 0 Å². The lowest BCUT2D eigenvalue weighted by Crippen LogP contribution is -2.48. The first-order valence-electron chi connectivity index (χ1n) is 8.33. The molecule has 0 aliphatic carbocycles. The van der Waals surface area contributed by atoms with Gasteiger partial charge in [-0.25, -0.2) is 8.42 Å². The number of hydrogen-bond acceptors (Lipinski definition) is 6. The molecule has 1 atom stereocenters. The van der Waals surface area contributed by atoms with Crippen LogP contribution in [0.5, 0.6) is 5.75 Å². The maximum absolute atomic E-state index is 11.7. The third-order valence-electron chi connectivity index (χ3n) is 4.59. The number of carboxylic acid groups (broad SMARTS) is 1. The molecule has 1 fully saturated rings. The van der Waals surface area contributed by atoms with Gasteiger partial charge < -0.3 is 9.84 Å². The van der Waals surface area contributed by atoms with E-state index in [9.17, 15) is 13.2 Å². The summed E-state index contributed by atoms with van der Waals surface area (Å²) in [6.07, 6.45) is 0. The number of rotatable bonds is 8. The lowest BCUT2D eigenvalue weighted by molar-refractivity contribution is -0.134. The molecule has 1 N–H and O–H groups in total. The fourth-order valence-electron chi connectivity index (χ4n) is 3.01. The van der Waals surface area contributed by atoms with Gasteiger partial charge in [0.25, 0.3) is 0 Å². The topological polar surface area (TPSA) is 87.2 Å². The van der Waals surface area contributed by atoms with Crippen molar-refractivity contribution in [3.63, 3.8) is 0 Å². The second kappa shape index (κ2) is 8.64. The molecule has 25 heavy (non-hydrogen) atoms. The first-order valence-corrected chi connectivity index (χ1v) is 10.2. The minimum absolute atomic E-state index is 0.106. The molecule has 140 valence electrons. The standard InChI is InChI=1S/C17H26N2O5S/c1-14(15-4-3-5-16(12-15)24-2)19-8-6-18(7-9-19)10-11-25(22,23)13-17(20)21/h3-5,12,14H,6-11,13H2,1-2H3,(H,20,21). The molecule has 1 aliphatic heterocycles. The van der Waals surface area contributed by atoms with Crippen LogP contribution in [0.4, 0.5) is 0 Å². The van der Waals surface area contributed by atoms with E-state index in [0.717, 1.165) is 31.9 Å². The van der Waals surface area contributed by atoms with Crippen molar-refractivity contribution in [3.8, 4) is 5.75 Å². The van der Waals surface area contributed by atoms with Gasteiger partial charge in [-0.3, -0.25) is 14.6 Å². The summed E-state index contributed by atoms with van der Waals surface area (Å²) in [7, 11) is -1.88. The molecule has 7 nitrogen and oxygen atoms in total. The monoisotopic (exact) mass is 370 g/mol. The summed E-state index contributed by atoms with van der Waals surface area (Å²) in [4.78, 5) is 15.0. The second-order valence-electron chi connectivity index (χ2n) is 6.32. The highest BCUT2D eigenvalue weighted by atomic mass is 32.2. The van der Waals surface area contributed by atoms with Crippen LogP contribution in [-0.4, -0.2) is 80.6 Å². The average molecular weight is 370 g/mol. The van der Waals surface area contributed by atoms with Crippen molar-refractivity contribution in [2.24, 2.45) is 0 Å². The van der Waals surface area contributed by atoms with Crippen LogP contribution in [0.2, 0.25) is 0 Å². The predicted octanol–water partition coefficient (Wildman–Crippen LogP) is 0.873. The zero-order chi connectivity index (χ0) is 18.4. The molecular formula is C17H26N2O5S. The van der Waals surface area contributed by atoms with E-state index in [1.807, 2.05) is 18.2 Å². The Morgan fingerprint density at radius 3 is 2.56 bits per heavy atom. The number of carbonyl (C=O) groups is 1. The van der Waals surface area contributed by atoms with Crippen molar-refractivity contribution in [3.05, 3.63) is 29.8 Å². The van der Waals surface area contributed by atoms with E-state index < -0.39 is 21.6 Å². The fraction of sp³-hybridized carbons (Fsp3) is 0.588. The summed E-state index contributed by atoms with van der Waals surface area (Å²) in [5.74, 6) is -1.35. The maximum atomic E-state index is 11.7. The lowest BCUT2D eigenvalue weighted by atomic mass is 10.1. The Bertz CT molecular complexity index is 684. The van der Waals surface area contributed by atoms with Crippen LogP contribution in [0.1, 0.15) is 18.5 Å². The van der Waals surface area contributed by atoms with Crippen LogP contribution in [0.15, 0.2) is 24.3 Å². The summed E-state index contributed by atoms with van der Waals surface area (Å²) >= 11 is 0. The summed E-state index contributed by atoms with van der Waals surface area (Å²) in [6, 6.07) is 8.28. The van der Waals surface area contributed by atoms with Gasteiger partial charge in [0.15, 0.2) is 9.84 Å². The van der Waals surface area contributed by atoms with Crippen LogP contribution in [-0.2, 0) is 14.6 Å². The van der Waals surface area contributed by atoms with Gasteiger partial charge in [-0.1, -0.05) is 12.1 Å². The molecule has 0 saturated carbocycles. The third-order valence-corrected chi connectivity index (χ3v) is 6.08. The molecule has 1 aromatic rings. The number of nitrogens with zero attached hydrogens (tertiary/aromatic N) is 2. The minimum atomic E-state index is -3.53. The molecular weight excluding hydrogens is 344 g/mol. The molecule has 1 heterocycles. The SMILES string of the molecule is COc1cccc(C(C)N2CCN(CCS(=O)(=O)CC(=O)O)CC2)c1. The molecule has 1 unspecified atom stereocenters. The van der Waals surface area contributed by atoms with Crippen molar-refractivity contribution in [1.82, 2.24) is 9.80 Å². The fourth-order valence-corrected chi connectivity index (χ4v) is 4.07. The Labute approximate surface area is 149 Å². The van der Waals surface area contributed by atoms with Crippen LogP contribution < -0.4 is 4.74 Å². The molecule has 2 rings (SSSR count). The van der Waals surface area contributed by atoms with E-state index in [4.69, 9.17) is 9.84 Å². The van der Waals surface area contributed by atoms with Crippen molar-refractivity contribution in [2.75, 3.05) is 51.3 Å². The number of carboxylic acids is 1. The quantitative estimate of drug-likeness (QED) is 0.727. The average Bonchev–Trinajstić information content (AvgIpc) is 2.59. The van der Waals surface area contributed by atoms with Crippen molar-refractivity contribution in [2.45, 2.75) is 13.0 Å². The largest absolute Gasteiger partial charge is 0.497 e. The molecule has 0 amide bonds. The molecule has 0 radical (unpaired) electrons. The highest BCUT2D eigenvalue weighted by Crippen LogP contribution is 2.24. The summed E-state index contributed by atoms with van der Waals surface area (Å²) in [5.41, 5.74) is 1.19. The molecule has 1 aromatic carbocycles. The smallest absolute Gasteiger partial charge is 0.318 e. The Hall–Kier alpha value is -1.64. The minimum Gasteiger partial charge on any atom is -0.497 e. The van der Waals surface area contributed by atoms with Crippen LogP contribution in [0.25, 0.3) is 0 Å². The van der Waals surface area contributed by atoms with E-state index in [0.29, 0.717) is 6.54 Å². The van der Waals surface area contributed by atoms with Gasteiger partial charge in [-0.15, -0.1) is 0 Å². The van der Waals surface area contributed by atoms with Crippen LogP contribution in [0, 0.1) is 0 Å². The molecule has 1 aliphatic rings. The van der Waals surface area contributed by atoms with Gasteiger partial charge in [0.05, 0.1) is 12.9 Å². The van der Waals surface area contributed by atoms with Crippen molar-refractivity contribution in [1.29, 1.82) is 0 Å². The number of sulfone groups is 1. The number of benzene rings is 1. The van der Waals surface area contributed by atoms with Gasteiger partial charge in [-0.05, 0) is 24.6 Å². The lowest BCUT2D eigenvalue weighted by Gasteiger charge is -2.38. The molecule has 8 heteroatoms. The summed E-state index contributed by atoms with van der Waals surface area (Å²) in [6.45, 7) is 5.78. The summed E-state index contributed by atoms with van der Waals surface area (Å²) in [5, 5.41) is 8.62. The number of piperazine rings is 1.